The van der Waals surface area contributed by atoms with Crippen molar-refractivity contribution in [3.63, 3.8) is 0 Å². The maximum absolute atomic E-state index is 12.6. The lowest BCUT2D eigenvalue weighted by atomic mass is 10.2. The lowest BCUT2D eigenvalue weighted by molar-refractivity contribution is -0.119. The Kier molecular flexibility index (Phi) is 6.45. The Bertz CT molecular complexity index is 1240. The topological polar surface area (TPSA) is 115 Å². The molecule has 0 bridgehead atoms. The number of sulfonamides is 1. The molecule has 166 valence electrons. The largest absolute Gasteiger partial charge is 0.451 e. The summed E-state index contributed by atoms with van der Waals surface area (Å²) in [5, 5.41) is 3.46. The van der Waals surface area contributed by atoms with Crippen molar-refractivity contribution in [2.75, 3.05) is 38.2 Å². The number of fused-ring (bicyclic) bond motifs is 1. The number of carbonyl (C=O) groups is 2. The molecule has 1 fully saturated rings. The van der Waals surface area contributed by atoms with E-state index in [1.54, 1.807) is 12.1 Å². The molecule has 1 N–H and O–H groups in total. The number of nitrogens with zero attached hydrogens (tertiary/aromatic N) is 2. The third-order valence-electron chi connectivity index (χ3n) is 4.89. The summed E-state index contributed by atoms with van der Waals surface area (Å²) in [5.41, 5.74) is 1.14. The Hall–Kier alpha value is -3.34. The first-order valence-corrected chi connectivity index (χ1v) is 11.4. The van der Waals surface area contributed by atoms with Crippen LogP contribution in [0.15, 0.2) is 65.6 Å². The highest BCUT2D eigenvalue weighted by Crippen LogP contribution is 2.19. The normalized spacial score (nSPS) is 14.8. The number of amides is 1. The van der Waals surface area contributed by atoms with Crippen molar-refractivity contribution in [2.24, 2.45) is 0 Å². The van der Waals surface area contributed by atoms with Crippen LogP contribution in [0, 0.1) is 0 Å². The Morgan fingerprint density at radius 3 is 2.47 bits per heavy atom. The Morgan fingerprint density at radius 1 is 1.00 bits per heavy atom. The molecule has 0 aliphatic carbocycles. The molecule has 4 rings (SSSR count). The summed E-state index contributed by atoms with van der Waals surface area (Å²) in [7, 11) is -3.61. The molecule has 2 heterocycles. The van der Waals surface area contributed by atoms with E-state index < -0.39 is 28.5 Å². The van der Waals surface area contributed by atoms with E-state index in [0.29, 0.717) is 37.5 Å². The van der Waals surface area contributed by atoms with Crippen LogP contribution in [0.2, 0.25) is 0 Å². The van der Waals surface area contributed by atoms with Gasteiger partial charge in [-0.3, -0.25) is 4.79 Å². The summed E-state index contributed by atoms with van der Waals surface area (Å²) in [5.74, 6) is -1.26. The van der Waals surface area contributed by atoms with Crippen molar-refractivity contribution >= 4 is 38.5 Å². The standard InChI is InChI=1S/C22H21N3O6S/c26-21(15-31-22(27)20-10-5-16-3-1-2-4-19(16)24-20)23-17-6-8-18(9-7-17)32(28,29)25-11-13-30-14-12-25/h1-10H,11-15H2,(H,23,26). The fourth-order valence-electron chi connectivity index (χ4n) is 3.23. The van der Waals surface area contributed by atoms with Crippen LogP contribution in [0.4, 0.5) is 5.69 Å². The van der Waals surface area contributed by atoms with Gasteiger partial charge in [0.2, 0.25) is 10.0 Å². The molecule has 32 heavy (non-hydrogen) atoms. The monoisotopic (exact) mass is 455 g/mol. The second-order valence-electron chi connectivity index (χ2n) is 7.05. The van der Waals surface area contributed by atoms with E-state index in [9.17, 15) is 18.0 Å². The fourth-order valence-corrected chi connectivity index (χ4v) is 4.64. The predicted molar refractivity (Wildman–Crippen MR) is 117 cm³/mol. The second-order valence-corrected chi connectivity index (χ2v) is 8.99. The Morgan fingerprint density at radius 2 is 1.72 bits per heavy atom. The molecule has 0 atom stereocenters. The molecule has 1 aliphatic heterocycles. The molecule has 0 unspecified atom stereocenters. The molecule has 1 aliphatic rings. The molecule has 0 radical (unpaired) electrons. The van der Waals surface area contributed by atoms with Crippen LogP contribution in [0.3, 0.4) is 0 Å². The van der Waals surface area contributed by atoms with Crippen LogP contribution >= 0.6 is 0 Å². The Balaban J connectivity index is 1.33. The minimum atomic E-state index is -3.61. The third-order valence-corrected chi connectivity index (χ3v) is 6.80. The summed E-state index contributed by atoms with van der Waals surface area (Å²) in [4.78, 5) is 28.7. The summed E-state index contributed by atoms with van der Waals surface area (Å²) >= 11 is 0. The second kappa shape index (κ2) is 9.43. The van der Waals surface area contributed by atoms with Crippen LogP contribution in [-0.4, -0.2) is 62.5 Å². The number of morpholine rings is 1. The average Bonchev–Trinajstić information content (AvgIpc) is 2.83. The number of ether oxygens (including phenoxy) is 2. The first-order valence-electron chi connectivity index (χ1n) is 9.94. The lowest BCUT2D eigenvalue weighted by Gasteiger charge is -2.26. The molecule has 1 amide bonds. The van der Waals surface area contributed by atoms with Gasteiger partial charge in [-0.2, -0.15) is 4.31 Å². The van der Waals surface area contributed by atoms with Crippen molar-refractivity contribution in [3.8, 4) is 0 Å². The summed E-state index contributed by atoms with van der Waals surface area (Å²) < 4.78 is 36.9. The van der Waals surface area contributed by atoms with Gasteiger partial charge in [-0.25, -0.2) is 18.2 Å². The van der Waals surface area contributed by atoms with Gasteiger partial charge in [0, 0.05) is 24.2 Å². The molecule has 2 aromatic carbocycles. The first-order chi connectivity index (χ1) is 15.4. The van der Waals surface area contributed by atoms with Gasteiger partial charge in [-0.15, -0.1) is 0 Å². The van der Waals surface area contributed by atoms with E-state index in [1.165, 1.54) is 34.6 Å². The molecule has 3 aromatic rings. The highest BCUT2D eigenvalue weighted by Gasteiger charge is 2.26. The smallest absolute Gasteiger partial charge is 0.357 e. The van der Waals surface area contributed by atoms with E-state index in [0.717, 1.165) is 5.39 Å². The number of carbonyl (C=O) groups excluding carboxylic acids is 2. The number of esters is 1. The predicted octanol–water partition coefficient (Wildman–Crippen LogP) is 2.05. The zero-order valence-electron chi connectivity index (χ0n) is 17.1. The number of benzene rings is 2. The van der Waals surface area contributed by atoms with Gasteiger partial charge < -0.3 is 14.8 Å². The highest BCUT2D eigenvalue weighted by atomic mass is 32.2. The number of hydrogen-bond donors (Lipinski definition) is 1. The van der Waals surface area contributed by atoms with Crippen molar-refractivity contribution in [3.05, 3.63) is 66.4 Å². The summed E-state index contributed by atoms with van der Waals surface area (Å²) in [6, 6.07) is 16.4. The number of hydrogen-bond acceptors (Lipinski definition) is 7. The van der Waals surface area contributed by atoms with Gasteiger partial charge in [0.1, 0.15) is 5.69 Å². The van der Waals surface area contributed by atoms with Crippen LogP contribution < -0.4 is 5.32 Å². The Labute approximate surface area is 185 Å². The quantitative estimate of drug-likeness (QED) is 0.566. The summed E-state index contributed by atoms with van der Waals surface area (Å²) in [6.45, 7) is 0.833. The molecule has 0 saturated carbocycles. The van der Waals surface area contributed by atoms with Gasteiger partial charge in [-0.1, -0.05) is 24.3 Å². The average molecular weight is 455 g/mol. The van der Waals surface area contributed by atoms with Crippen LogP contribution in [-0.2, 0) is 24.3 Å². The van der Waals surface area contributed by atoms with Crippen LogP contribution in [0.25, 0.3) is 10.9 Å². The SMILES string of the molecule is O=C(COC(=O)c1ccc2ccccc2n1)Nc1ccc(S(=O)(=O)N2CCOCC2)cc1. The number of aromatic nitrogens is 1. The van der Waals surface area contributed by atoms with Crippen LogP contribution in [0.1, 0.15) is 10.5 Å². The van der Waals surface area contributed by atoms with E-state index >= 15 is 0 Å². The van der Waals surface area contributed by atoms with Gasteiger partial charge in [0.25, 0.3) is 5.91 Å². The molecule has 9 nitrogen and oxygen atoms in total. The van der Waals surface area contributed by atoms with E-state index in [-0.39, 0.29) is 10.6 Å². The minimum Gasteiger partial charge on any atom is -0.451 e. The third kappa shape index (κ3) is 4.93. The van der Waals surface area contributed by atoms with Crippen molar-refractivity contribution in [1.82, 2.24) is 9.29 Å². The number of rotatable bonds is 6. The number of nitrogens with one attached hydrogen (secondary N) is 1. The lowest BCUT2D eigenvalue weighted by Crippen LogP contribution is -2.40. The van der Waals surface area contributed by atoms with Gasteiger partial charge in [0.15, 0.2) is 6.61 Å². The van der Waals surface area contributed by atoms with Crippen LogP contribution in [0.5, 0.6) is 0 Å². The number of para-hydroxylation sites is 1. The zero-order valence-corrected chi connectivity index (χ0v) is 17.9. The molecule has 1 saturated heterocycles. The van der Waals surface area contributed by atoms with Gasteiger partial charge in [0.05, 0.1) is 23.6 Å². The molecular formula is C22H21N3O6S. The molecule has 10 heteroatoms. The maximum Gasteiger partial charge on any atom is 0.357 e. The van der Waals surface area contributed by atoms with Crippen molar-refractivity contribution < 1.29 is 27.5 Å². The first kappa shape index (κ1) is 21.9. The summed E-state index contributed by atoms with van der Waals surface area (Å²) in [6.07, 6.45) is 0. The van der Waals surface area contributed by atoms with Gasteiger partial charge >= 0.3 is 5.97 Å². The molecular weight excluding hydrogens is 434 g/mol. The maximum atomic E-state index is 12.6. The molecule has 1 aromatic heterocycles. The van der Waals surface area contributed by atoms with E-state index in [1.807, 2.05) is 18.2 Å². The highest BCUT2D eigenvalue weighted by molar-refractivity contribution is 7.89. The van der Waals surface area contributed by atoms with Crippen molar-refractivity contribution in [1.29, 1.82) is 0 Å². The van der Waals surface area contributed by atoms with Gasteiger partial charge in [-0.05, 0) is 36.4 Å². The number of anilines is 1. The van der Waals surface area contributed by atoms with E-state index in [4.69, 9.17) is 9.47 Å². The van der Waals surface area contributed by atoms with Crippen molar-refractivity contribution in [2.45, 2.75) is 4.90 Å². The number of pyridine rings is 1. The molecule has 0 spiro atoms. The zero-order chi connectivity index (χ0) is 22.6. The minimum absolute atomic E-state index is 0.106. The van der Waals surface area contributed by atoms with E-state index in [2.05, 4.69) is 10.3 Å². The fraction of sp³-hybridized carbons (Fsp3) is 0.227.